The van der Waals surface area contributed by atoms with Crippen LogP contribution in [0.15, 0.2) is 36.4 Å². The Bertz CT molecular complexity index is 1170. The van der Waals surface area contributed by atoms with E-state index < -0.39 is 18.0 Å². The molecule has 2 amide bonds. The molecule has 3 N–H and O–H groups in total. The fourth-order valence-corrected chi connectivity index (χ4v) is 5.83. The molecule has 1 heterocycles. The second-order valence-electron chi connectivity index (χ2n) is 10.0. The number of carbonyl (C=O) groups is 2. The van der Waals surface area contributed by atoms with Crippen LogP contribution in [-0.4, -0.2) is 40.7 Å². The van der Waals surface area contributed by atoms with Gasteiger partial charge in [-0.2, -0.15) is 0 Å². The zero-order chi connectivity index (χ0) is 25.5. The summed E-state index contributed by atoms with van der Waals surface area (Å²) in [5.74, 6) is -0.413. The van der Waals surface area contributed by atoms with E-state index in [9.17, 15) is 19.1 Å². The van der Waals surface area contributed by atoms with Gasteiger partial charge in [0.1, 0.15) is 17.3 Å². The number of hydrogen-bond donors (Lipinski definition) is 3. The lowest BCUT2D eigenvalue weighted by atomic mass is 9.61. The number of amides is 2. The predicted octanol–water partition coefficient (Wildman–Crippen LogP) is 4.47. The standard InChI is InChI=1S/C26H27Cl2FN2O5/c27-15-1-4-21-17(11-15)20(32)13-22(36-21)24(34)31-26-8-5-25(6-9-26,7-10-26)30-23(33)14-35-16-2-3-18(28)19(29)12-16/h1-4,11-12,20,22,32H,5-10,13-14H2,(H,30,33)(H,31,34)/t20-,22-,25?,26?/m1/s1. The molecule has 3 fully saturated rings. The third kappa shape index (κ3) is 5.12. The molecule has 3 aliphatic carbocycles. The molecule has 2 aromatic rings. The molecule has 192 valence electrons. The van der Waals surface area contributed by atoms with Crippen molar-refractivity contribution in [3.05, 3.63) is 57.8 Å². The Kier molecular flexibility index (Phi) is 6.78. The van der Waals surface area contributed by atoms with Crippen LogP contribution in [0.1, 0.15) is 56.6 Å². The number of halogens is 3. The van der Waals surface area contributed by atoms with Crippen LogP contribution in [-0.2, 0) is 9.59 Å². The number of rotatable bonds is 6. The molecular formula is C26H27Cl2FN2O5. The topological polar surface area (TPSA) is 96.9 Å². The summed E-state index contributed by atoms with van der Waals surface area (Å²) in [6, 6.07) is 9.04. The third-order valence-corrected chi connectivity index (χ3v) is 8.17. The second kappa shape index (κ2) is 9.72. The zero-order valence-electron chi connectivity index (χ0n) is 19.5. The van der Waals surface area contributed by atoms with Gasteiger partial charge in [-0.3, -0.25) is 9.59 Å². The van der Waals surface area contributed by atoms with Crippen molar-refractivity contribution in [1.29, 1.82) is 0 Å². The van der Waals surface area contributed by atoms with Crippen molar-refractivity contribution in [2.75, 3.05) is 6.61 Å². The average molecular weight is 537 g/mol. The number of hydrogen-bond acceptors (Lipinski definition) is 5. The average Bonchev–Trinajstić information content (AvgIpc) is 2.86. The summed E-state index contributed by atoms with van der Waals surface area (Å²) in [6.07, 6.45) is 2.90. The molecule has 6 rings (SSSR count). The van der Waals surface area contributed by atoms with Gasteiger partial charge in [0.15, 0.2) is 12.7 Å². The Morgan fingerprint density at radius 2 is 1.69 bits per heavy atom. The fraction of sp³-hybridized carbons (Fsp3) is 0.462. The van der Waals surface area contributed by atoms with Gasteiger partial charge in [0.05, 0.1) is 11.1 Å². The lowest BCUT2D eigenvalue weighted by Crippen LogP contribution is -2.65. The molecule has 2 atom stereocenters. The van der Waals surface area contributed by atoms with Crippen molar-refractivity contribution in [2.24, 2.45) is 0 Å². The molecule has 0 radical (unpaired) electrons. The van der Waals surface area contributed by atoms with Crippen molar-refractivity contribution >= 4 is 35.0 Å². The molecular weight excluding hydrogens is 510 g/mol. The Morgan fingerprint density at radius 3 is 2.36 bits per heavy atom. The van der Waals surface area contributed by atoms with Crippen LogP contribution >= 0.6 is 23.2 Å². The maximum Gasteiger partial charge on any atom is 0.261 e. The summed E-state index contributed by atoms with van der Waals surface area (Å²) in [5.41, 5.74) is -0.102. The number of benzene rings is 2. The lowest BCUT2D eigenvalue weighted by molar-refractivity contribution is -0.135. The van der Waals surface area contributed by atoms with E-state index in [0.717, 1.165) is 44.6 Å². The van der Waals surface area contributed by atoms with Crippen LogP contribution in [0.5, 0.6) is 11.5 Å². The van der Waals surface area contributed by atoms with Gasteiger partial charge < -0.3 is 25.2 Å². The van der Waals surface area contributed by atoms with Gasteiger partial charge in [-0.1, -0.05) is 23.2 Å². The van der Waals surface area contributed by atoms with Gasteiger partial charge in [-0.25, -0.2) is 4.39 Å². The van der Waals surface area contributed by atoms with E-state index >= 15 is 0 Å². The van der Waals surface area contributed by atoms with Gasteiger partial charge in [-0.15, -0.1) is 0 Å². The summed E-state index contributed by atoms with van der Waals surface area (Å²) in [5, 5.41) is 17.3. The minimum Gasteiger partial charge on any atom is -0.484 e. The highest BCUT2D eigenvalue weighted by molar-refractivity contribution is 6.31. The van der Waals surface area contributed by atoms with Crippen molar-refractivity contribution in [1.82, 2.24) is 10.6 Å². The van der Waals surface area contributed by atoms with Crippen LogP contribution in [0.2, 0.25) is 10.0 Å². The summed E-state index contributed by atoms with van der Waals surface area (Å²) in [6.45, 7) is -0.223. The summed E-state index contributed by atoms with van der Waals surface area (Å²) in [7, 11) is 0. The number of nitrogens with one attached hydrogen (secondary N) is 2. The Labute approximate surface area is 218 Å². The molecule has 10 heteroatoms. The van der Waals surface area contributed by atoms with Crippen LogP contribution in [0.25, 0.3) is 0 Å². The van der Waals surface area contributed by atoms with Crippen LogP contribution in [0.4, 0.5) is 4.39 Å². The normalized spacial score (nSPS) is 28.6. The summed E-state index contributed by atoms with van der Waals surface area (Å²) < 4.78 is 24.9. The van der Waals surface area contributed by atoms with Gasteiger partial charge in [-0.05, 0) is 68.9 Å². The minimum atomic E-state index is -0.826. The maximum atomic E-state index is 13.6. The van der Waals surface area contributed by atoms with E-state index in [0.29, 0.717) is 16.3 Å². The predicted molar refractivity (Wildman–Crippen MR) is 132 cm³/mol. The van der Waals surface area contributed by atoms with Crippen molar-refractivity contribution in [3.63, 3.8) is 0 Å². The van der Waals surface area contributed by atoms with Crippen LogP contribution in [0.3, 0.4) is 0 Å². The van der Waals surface area contributed by atoms with Crippen LogP contribution in [0, 0.1) is 5.82 Å². The quantitative estimate of drug-likeness (QED) is 0.505. The van der Waals surface area contributed by atoms with Crippen LogP contribution < -0.4 is 20.1 Å². The molecule has 7 nitrogen and oxygen atoms in total. The van der Waals surface area contributed by atoms with Gasteiger partial charge in [0.2, 0.25) is 0 Å². The number of aliphatic hydroxyl groups is 1. The van der Waals surface area contributed by atoms with E-state index in [4.69, 9.17) is 32.7 Å². The van der Waals surface area contributed by atoms with Crippen molar-refractivity contribution in [3.8, 4) is 11.5 Å². The highest BCUT2D eigenvalue weighted by Gasteiger charge is 2.50. The smallest absolute Gasteiger partial charge is 0.261 e. The summed E-state index contributed by atoms with van der Waals surface area (Å²) >= 11 is 11.7. The van der Waals surface area contributed by atoms with Gasteiger partial charge >= 0.3 is 0 Å². The van der Waals surface area contributed by atoms with Crippen molar-refractivity contribution < 1.29 is 28.6 Å². The first-order chi connectivity index (χ1) is 17.2. The molecule has 0 aromatic heterocycles. The minimum absolute atomic E-state index is 0.00775. The van der Waals surface area contributed by atoms with E-state index in [1.807, 2.05) is 0 Å². The first kappa shape index (κ1) is 25.1. The molecule has 3 saturated carbocycles. The molecule has 36 heavy (non-hydrogen) atoms. The highest BCUT2D eigenvalue weighted by atomic mass is 35.5. The second-order valence-corrected chi connectivity index (χ2v) is 10.8. The van der Waals surface area contributed by atoms with Gasteiger partial charge in [0.25, 0.3) is 11.8 Å². The first-order valence-corrected chi connectivity index (χ1v) is 12.8. The molecule has 1 aliphatic heterocycles. The highest BCUT2D eigenvalue weighted by Crippen LogP contribution is 2.47. The number of fused-ring (bicyclic) bond motifs is 4. The fourth-order valence-electron chi connectivity index (χ4n) is 5.53. The van der Waals surface area contributed by atoms with Gasteiger partial charge in [0, 0.05) is 34.2 Å². The molecule has 2 bridgehead atoms. The number of carbonyl (C=O) groups excluding carboxylic acids is 2. The Balaban J connectivity index is 1.14. The zero-order valence-corrected chi connectivity index (χ0v) is 21.0. The molecule has 4 aliphatic rings. The molecule has 0 spiro atoms. The first-order valence-electron chi connectivity index (χ1n) is 12.0. The van der Waals surface area contributed by atoms with E-state index in [2.05, 4.69) is 10.6 Å². The summed E-state index contributed by atoms with van der Waals surface area (Å²) in [4.78, 5) is 25.7. The number of aliphatic hydroxyl groups excluding tert-OH is 1. The Hall–Kier alpha value is -2.55. The van der Waals surface area contributed by atoms with E-state index in [-0.39, 0.29) is 46.7 Å². The van der Waals surface area contributed by atoms with E-state index in [1.165, 1.54) is 12.1 Å². The molecule has 0 unspecified atom stereocenters. The Morgan fingerprint density at radius 1 is 1.03 bits per heavy atom. The largest absolute Gasteiger partial charge is 0.484 e. The maximum absolute atomic E-state index is 13.6. The SMILES string of the molecule is O=C(COc1ccc(Cl)c(F)c1)NC12CCC(NC(=O)[C@H]3C[C@@H](O)c4cc(Cl)ccc4O3)(CC1)CC2. The number of ether oxygens (including phenoxy) is 2. The monoisotopic (exact) mass is 536 g/mol. The van der Waals surface area contributed by atoms with Crippen molar-refractivity contribution in [2.45, 2.75) is 68.2 Å². The lowest BCUT2D eigenvalue weighted by Gasteiger charge is -2.54. The third-order valence-electron chi connectivity index (χ3n) is 7.63. The molecule has 0 saturated heterocycles. The molecule has 2 aromatic carbocycles. The van der Waals surface area contributed by atoms with E-state index in [1.54, 1.807) is 18.2 Å².